The summed E-state index contributed by atoms with van der Waals surface area (Å²) in [5.74, 6) is -0.781. The van der Waals surface area contributed by atoms with Crippen LogP contribution < -0.4 is 9.47 Å². The van der Waals surface area contributed by atoms with Crippen molar-refractivity contribution in [1.82, 2.24) is 5.01 Å². The van der Waals surface area contributed by atoms with Gasteiger partial charge in [-0.15, -0.1) is 0 Å². The molecule has 1 saturated carbocycles. The summed E-state index contributed by atoms with van der Waals surface area (Å²) in [5, 5.41) is 5.16. The van der Waals surface area contributed by atoms with Gasteiger partial charge in [0.2, 0.25) is 5.76 Å². The molecule has 0 spiro atoms. The summed E-state index contributed by atoms with van der Waals surface area (Å²) in [4.78, 5) is 37.6. The van der Waals surface area contributed by atoms with E-state index in [2.05, 4.69) is 5.10 Å². The molecule has 1 aliphatic heterocycles. The average molecular weight is 420 g/mol. The molecule has 1 aromatic carbocycles. The fraction of sp³-hybridized carbons (Fsp3) is 0.304. The van der Waals surface area contributed by atoms with E-state index in [0.29, 0.717) is 17.9 Å². The number of allylic oxidation sites excluding steroid dienone is 2. The molecule has 0 N–H and O–H groups in total. The van der Waals surface area contributed by atoms with Gasteiger partial charge in [-0.1, -0.05) is 12.2 Å². The van der Waals surface area contributed by atoms with Crippen molar-refractivity contribution in [1.29, 1.82) is 0 Å². The molecule has 8 nitrogen and oxygen atoms in total. The Balaban J connectivity index is 1.34. The van der Waals surface area contributed by atoms with Gasteiger partial charge in [-0.25, -0.2) is 4.79 Å². The second kappa shape index (κ2) is 7.54. The van der Waals surface area contributed by atoms with E-state index in [-0.39, 0.29) is 47.0 Å². The largest absolute Gasteiger partial charge is 0.490 e. The molecule has 2 amide bonds. The van der Waals surface area contributed by atoms with Crippen LogP contribution in [0, 0.1) is 23.7 Å². The second-order valence-electron chi connectivity index (χ2n) is 7.74. The summed E-state index contributed by atoms with van der Waals surface area (Å²) in [6, 6.07) is 7.96. The van der Waals surface area contributed by atoms with Gasteiger partial charge in [-0.2, -0.15) is 10.1 Å². The number of hydrogen-bond acceptors (Lipinski definition) is 7. The Kier molecular flexibility index (Phi) is 4.69. The molecule has 0 unspecified atom stereocenters. The lowest BCUT2D eigenvalue weighted by molar-refractivity contribution is -0.140. The number of benzene rings is 1. The number of esters is 1. The van der Waals surface area contributed by atoms with Crippen LogP contribution in [-0.4, -0.2) is 35.6 Å². The standard InChI is InChI=1S/C23H20N2O6/c1-2-29-18-10-13(5-8-16(18)31-23(28)17-4-3-9-30-17)12-24-25-21(26)19-14-6-7-15(11-14)20(19)22(25)27/h3-10,12,14-15,19-20H,2,11H2,1H3/t14-,15-,19-,20+/m0/s1. The molecule has 0 radical (unpaired) electrons. The lowest BCUT2D eigenvalue weighted by Crippen LogP contribution is -2.28. The number of nitrogens with zero attached hydrogens (tertiary/aromatic N) is 2. The van der Waals surface area contributed by atoms with E-state index in [1.54, 1.807) is 24.3 Å². The summed E-state index contributed by atoms with van der Waals surface area (Å²) >= 11 is 0. The number of rotatable bonds is 6. The monoisotopic (exact) mass is 420 g/mol. The molecule has 5 rings (SSSR count). The number of furan rings is 1. The molecule has 2 heterocycles. The number of hydrogen-bond donors (Lipinski definition) is 0. The highest BCUT2D eigenvalue weighted by Gasteiger charge is 2.59. The summed E-state index contributed by atoms with van der Waals surface area (Å²) in [6.07, 6.45) is 7.78. The molecule has 2 aromatic rings. The number of fused-ring (bicyclic) bond motifs is 5. The Morgan fingerprint density at radius 1 is 1.16 bits per heavy atom. The van der Waals surface area contributed by atoms with Gasteiger partial charge in [0, 0.05) is 0 Å². The van der Waals surface area contributed by atoms with Crippen molar-refractivity contribution in [2.45, 2.75) is 13.3 Å². The Hall–Kier alpha value is -3.68. The lowest BCUT2D eigenvalue weighted by Gasteiger charge is -2.13. The van der Waals surface area contributed by atoms with Crippen LogP contribution in [0.4, 0.5) is 0 Å². The van der Waals surface area contributed by atoms with E-state index in [0.717, 1.165) is 11.4 Å². The minimum absolute atomic E-state index is 0.0770. The molecule has 2 aliphatic carbocycles. The van der Waals surface area contributed by atoms with Crippen molar-refractivity contribution in [2.75, 3.05) is 6.61 Å². The third kappa shape index (κ3) is 3.24. The highest BCUT2D eigenvalue weighted by atomic mass is 16.6. The van der Waals surface area contributed by atoms with Crippen molar-refractivity contribution < 1.29 is 28.3 Å². The van der Waals surface area contributed by atoms with Crippen LogP contribution >= 0.6 is 0 Å². The van der Waals surface area contributed by atoms with Gasteiger partial charge in [0.05, 0.1) is 30.9 Å². The van der Waals surface area contributed by atoms with Gasteiger partial charge in [0.15, 0.2) is 11.5 Å². The van der Waals surface area contributed by atoms with E-state index in [4.69, 9.17) is 13.9 Å². The number of carbonyl (C=O) groups excluding carboxylic acids is 3. The third-order valence-corrected chi connectivity index (χ3v) is 5.96. The predicted molar refractivity (Wildman–Crippen MR) is 108 cm³/mol. The first-order valence-electron chi connectivity index (χ1n) is 10.2. The van der Waals surface area contributed by atoms with Gasteiger partial charge in [0.1, 0.15) is 0 Å². The molecule has 1 saturated heterocycles. The minimum atomic E-state index is -0.643. The summed E-state index contributed by atoms with van der Waals surface area (Å²) in [5.41, 5.74) is 0.597. The van der Waals surface area contributed by atoms with E-state index in [9.17, 15) is 14.4 Å². The predicted octanol–water partition coefficient (Wildman–Crippen LogP) is 3.04. The normalized spacial score (nSPS) is 26.2. The van der Waals surface area contributed by atoms with Gasteiger partial charge in [-0.3, -0.25) is 9.59 Å². The molecule has 2 fully saturated rings. The molecule has 1 aromatic heterocycles. The smallest absolute Gasteiger partial charge is 0.379 e. The molecular formula is C23H20N2O6. The molecule has 4 atom stereocenters. The number of imide groups is 1. The van der Waals surface area contributed by atoms with Gasteiger partial charge in [-0.05, 0) is 61.1 Å². The SMILES string of the molecule is CCOc1cc(C=NN2C(=O)[C@@H]3[C@H](C2=O)[C@H]2C=C[C@H]3C2)ccc1OC(=O)c1ccco1. The van der Waals surface area contributed by atoms with Crippen molar-refractivity contribution in [3.05, 3.63) is 60.1 Å². The topological polar surface area (TPSA) is 98.4 Å². The highest BCUT2D eigenvalue weighted by Crippen LogP contribution is 2.52. The summed E-state index contributed by atoms with van der Waals surface area (Å²) < 4.78 is 16.0. The van der Waals surface area contributed by atoms with Crippen molar-refractivity contribution in [3.8, 4) is 11.5 Å². The molecule has 31 heavy (non-hydrogen) atoms. The van der Waals surface area contributed by atoms with Gasteiger partial charge >= 0.3 is 5.97 Å². The van der Waals surface area contributed by atoms with Crippen LogP contribution in [-0.2, 0) is 9.59 Å². The Labute approximate surface area is 178 Å². The van der Waals surface area contributed by atoms with E-state index in [1.807, 2.05) is 19.1 Å². The minimum Gasteiger partial charge on any atom is -0.490 e. The first kappa shape index (κ1) is 19.3. The van der Waals surface area contributed by atoms with Crippen LogP contribution in [0.3, 0.4) is 0 Å². The molecular weight excluding hydrogens is 400 g/mol. The zero-order chi connectivity index (χ0) is 21.5. The highest BCUT2D eigenvalue weighted by molar-refractivity contribution is 6.06. The molecule has 8 heteroatoms. The summed E-state index contributed by atoms with van der Waals surface area (Å²) in [7, 11) is 0. The number of carbonyl (C=O) groups is 3. The van der Waals surface area contributed by atoms with E-state index < -0.39 is 5.97 Å². The lowest BCUT2D eigenvalue weighted by atomic mass is 9.85. The first-order valence-corrected chi connectivity index (χ1v) is 10.2. The first-order chi connectivity index (χ1) is 15.1. The maximum atomic E-state index is 12.7. The number of hydrazone groups is 1. The number of ether oxygens (including phenoxy) is 2. The molecule has 2 bridgehead atoms. The fourth-order valence-electron chi connectivity index (χ4n) is 4.63. The van der Waals surface area contributed by atoms with Crippen molar-refractivity contribution in [3.63, 3.8) is 0 Å². The zero-order valence-electron chi connectivity index (χ0n) is 16.8. The van der Waals surface area contributed by atoms with Crippen molar-refractivity contribution >= 4 is 24.0 Å². The van der Waals surface area contributed by atoms with Crippen LogP contribution in [0.1, 0.15) is 29.5 Å². The van der Waals surface area contributed by atoms with Crippen LogP contribution in [0.25, 0.3) is 0 Å². The molecule has 3 aliphatic rings. The van der Waals surface area contributed by atoms with E-state index >= 15 is 0 Å². The Morgan fingerprint density at radius 3 is 2.55 bits per heavy atom. The Morgan fingerprint density at radius 2 is 1.90 bits per heavy atom. The molecule has 158 valence electrons. The fourth-order valence-corrected chi connectivity index (χ4v) is 4.63. The maximum absolute atomic E-state index is 12.7. The van der Waals surface area contributed by atoms with Gasteiger partial charge < -0.3 is 13.9 Å². The summed E-state index contributed by atoms with van der Waals surface area (Å²) in [6.45, 7) is 2.16. The van der Waals surface area contributed by atoms with Crippen LogP contribution in [0.5, 0.6) is 11.5 Å². The average Bonchev–Trinajstić information content (AvgIpc) is 3.54. The number of amides is 2. The second-order valence-corrected chi connectivity index (χ2v) is 7.74. The maximum Gasteiger partial charge on any atom is 0.379 e. The Bertz CT molecular complexity index is 1070. The van der Waals surface area contributed by atoms with E-state index in [1.165, 1.54) is 18.5 Å². The quantitative estimate of drug-likeness (QED) is 0.234. The third-order valence-electron chi connectivity index (χ3n) is 5.96. The van der Waals surface area contributed by atoms with Crippen LogP contribution in [0.2, 0.25) is 0 Å². The van der Waals surface area contributed by atoms with Crippen molar-refractivity contribution in [2.24, 2.45) is 28.8 Å². The zero-order valence-corrected chi connectivity index (χ0v) is 16.8. The van der Waals surface area contributed by atoms with Crippen LogP contribution in [0.15, 0.2) is 58.3 Å². The van der Waals surface area contributed by atoms with Gasteiger partial charge in [0.25, 0.3) is 11.8 Å².